The van der Waals surface area contributed by atoms with Gasteiger partial charge in [-0.3, -0.25) is 24.1 Å². The van der Waals surface area contributed by atoms with Crippen molar-refractivity contribution in [3.8, 4) is 0 Å². The molecule has 0 saturated carbocycles. The van der Waals surface area contributed by atoms with Crippen LogP contribution in [0.4, 0.5) is 26.7 Å². The lowest BCUT2D eigenvalue weighted by atomic mass is 9.88. The highest BCUT2D eigenvalue weighted by Gasteiger charge is 2.69. The lowest BCUT2D eigenvalue weighted by Gasteiger charge is -2.43. The average Bonchev–Trinajstić information content (AvgIpc) is 3.32. The molecular formula is C39H38N6O9. The molecule has 5 rings (SSSR count). The second kappa shape index (κ2) is 15.4. The number of aryl methyl sites for hydroxylation is 1. The number of hydrogen-bond acceptors (Lipinski definition) is 8. The highest BCUT2D eigenvalue weighted by Crippen LogP contribution is 2.44. The van der Waals surface area contributed by atoms with Gasteiger partial charge in [-0.25, -0.2) is 19.3 Å². The summed E-state index contributed by atoms with van der Waals surface area (Å²) in [5.74, 6) is -7.41. The number of carboxylic acids is 2. The number of nitrogens with two attached hydrogens (primary N) is 1. The summed E-state index contributed by atoms with van der Waals surface area (Å²) in [5, 5.41) is 25.9. The van der Waals surface area contributed by atoms with Gasteiger partial charge in [0.05, 0.1) is 12.5 Å². The van der Waals surface area contributed by atoms with E-state index in [4.69, 9.17) is 5.73 Å². The molecule has 1 fully saturated rings. The first-order chi connectivity index (χ1) is 25.6. The summed E-state index contributed by atoms with van der Waals surface area (Å²) in [4.78, 5) is 97.6. The van der Waals surface area contributed by atoms with Crippen molar-refractivity contribution in [2.45, 2.75) is 51.0 Å². The number of benzene rings is 4. The number of para-hydroxylation sites is 2. The number of carbonyl (C=O) groups is 7. The first-order valence-corrected chi connectivity index (χ1v) is 16.7. The zero-order valence-corrected chi connectivity index (χ0v) is 29.6. The SMILES string of the molecule is CC(=O)[C@@](C(=O)O)(N1C(=O)N(Cc2ccccc2)[C@](C)(c2ccc(NC(=O)Nc3ccccc3C)cc2)C1=O)N(C(=O)[C@@H](N)CC(=O)O)c1ccccc1. The quantitative estimate of drug-likeness (QED) is 0.0955. The number of imide groups is 1. The van der Waals surface area contributed by atoms with Crippen molar-refractivity contribution in [2.24, 2.45) is 5.73 Å². The predicted octanol–water partition coefficient (Wildman–Crippen LogP) is 4.52. The van der Waals surface area contributed by atoms with Gasteiger partial charge in [0.15, 0.2) is 5.78 Å². The minimum absolute atomic E-state index is 0.173. The summed E-state index contributed by atoms with van der Waals surface area (Å²) < 4.78 is 0. The monoisotopic (exact) mass is 734 g/mol. The fraction of sp³-hybridized carbons (Fsp3) is 0.205. The Morgan fingerprint density at radius 2 is 1.41 bits per heavy atom. The zero-order chi connectivity index (χ0) is 39.4. The average molecular weight is 735 g/mol. The van der Waals surface area contributed by atoms with Crippen LogP contribution in [-0.4, -0.2) is 73.3 Å². The Morgan fingerprint density at radius 1 is 0.833 bits per heavy atom. The Hall–Kier alpha value is -6.87. The Labute approximate surface area is 310 Å². The number of hydrogen-bond donors (Lipinski definition) is 5. The van der Waals surface area contributed by atoms with Crippen LogP contribution in [0.5, 0.6) is 0 Å². The van der Waals surface area contributed by atoms with Crippen molar-refractivity contribution in [2.75, 3.05) is 15.5 Å². The van der Waals surface area contributed by atoms with Crippen molar-refractivity contribution < 1.29 is 43.8 Å². The molecule has 15 nitrogen and oxygen atoms in total. The number of ketones is 1. The Balaban J connectivity index is 1.64. The highest BCUT2D eigenvalue weighted by molar-refractivity contribution is 6.24. The molecule has 0 radical (unpaired) electrons. The van der Waals surface area contributed by atoms with Crippen molar-refractivity contribution in [1.82, 2.24) is 9.80 Å². The van der Waals surface area contributed by atoms with Crippen LogP contribution >= 0.6 is 0 Å². The number of Topliss-reactive ketones (excluding diaryl/α,β-unsaturated/α-hetero) is 1. The summed E-state index contributed by atoms with van der Waals surface area (Å²) in [5.41, 5.74) is 2.82. The van der Waals surface area contributed by atoms with Crippen LogP contribution in [0.2, 0.25) is 0 Å². The minimum atomic E-state index is -3.37. The molecule has 1 aliphatic heterocycles. The summed E-state index contributed by atoms with van der Waals surface area (Å²) in [6.07, 6.45) is -0.959. The molecule has 278 valence electrons. The molecule has 0 unspecified atom stereocenters. The van der Waals surface area contributed by atoms with Gasteiger partial charge in [-0.15, -0.1) is 0 Å². The molecule has 0 aliphatic carbocycles. The smallest absolute Gasteiger partial charge is 0.360 e. The van der Waals surface area contributed by atoms with Gasteiger partial charge in [-0.2, -0.15) is 0 Å². The number of rotatable bonds is 13. The van der Waals surface area contributed by atoms with E-state index in [2.05, 4.69) is 10.6 Å². The van der Waals surface area contributed by atoms with E-state index < -0.39 is 65.3 Å². The predicted molar refractivity (Wildman–Crippen MR) is 197 cm³/mol. The minimum Gasteiger partial charge on any atom is -0.481 e. The van der Waals surface area contributed by atoms with Crippen LogP contribution in [0.1, 0.15) is 37.0 Å². The summed E-state index contributed by atoms with van der Waals surface area (Å²) in [6, 6.07) is 24.8. The first-order valence-electron chi connectivity index (χ1n) is 16.7. The van der Waals surface area contributed by atoms with Gasteiger partial charge in [0.1, 0.15) is 5.54 Å². The van der Waals surface area contributed by atoms with Gasteiger partial charge in [0, 0.05) is 23.6 Å². The number of aliphatic carboxylic acids is 2. The lowest BCUT2D eigenvalue weighted by molar-refractivity contribution is -0.162. The molecule has 0 aromatic heterocycles. The van der Waals surface area contributed by atoms with Gasteiger partial charge in [-0.05, 0) is 67.8 Å². The van der Waals surface area contributed by atoms with E-state index in [-0.39, 0.29) is 22.7 Å². The van der Waals surface area contributed by atoms with Gasteiger partial charge in [0.25, 0.3) is 11.6 Å². The van der Waals surface area contributed by atoms with E-state index in [1.807, 2.05) is 19.1 Å². The number of carbonyl (C=O) groups excluding carboxylic acids is 5. The van der Waals surface area contributed by atoms with Crippen LogP contribution in [0.25, 0.3) is 0 Å². The number of anilines is 3. The third-order valence-electron chi connectivity index (χ3n) is 9.25. The number of urea groups is 2. The molecule has 3 atom stereocenters. The Morgan fingerprint density at radius 3 is 1.96 bits per heavy atom. The van der Waals surface area contributed by atoms with Crippen molar-refractivity contribution in [1.29, 1.82) is 0 Å². The zero-order valence-electron chi connectivity index (χ0n) is 29.6. The molecule has 15 heteroatoms. The number of nitrogens with one attached hydrogen (secondary N) is 2. The lowest BCUT2D eigenvalue weighted by Crippen LogP contribution is -2.74. The second-order valence-electron chi connectivity index (χ2n) is 12.8. The van der Waals surface area contributed by atoms with Crippen molar-refractivity contribution >= 4 is 58.7 Å². The molecule has 0 bridgehead atoms. The maximum atomic E-state index is 15.0. The molecule has 1 saturated heterocycles. The van der Waals surface area contributed by atoms with Crippen LogP contribution < -0.4 is 21.3 Å². The van der Waals surface area contributed by atoms with Gasteiger partial charge in [0.2, 0.25) is 5.91 Å². The highest BCUT2D eigenvalue weighted by atomic mass is 16.4. The van der Waals surface area contributed by atoms with Crippen molar-refractivity contribution in [3.63, 3.8) is 0 Å². The van der Waals surface area contributed by atoms with E-state index in [0.717, 1.165) is 17.4 Å². The Kier molecular flexibility index (Phi) is 10.9. The molecule has 0 spiro atoms. The van der Waals surface area contributed by atoms with Crippen molar-refractivity contribution in [3.05, 3.63) is 126 Å². The fourth-order valence-corrected chi connectivity index (χ4v) is 6.41. The van der Waals surface area contributed by atoms with Gasteiger partial charge < -0.3 is 31.5 Å². The standard InChI is InChI=1S/C39H38N6O9/c1-24-12-10-11-17-31(24)42-36(53)41-28-20-18-27(19-21-28)38(3)34(50)45(37(54)43(38)23-26-13-6-4-7-14-26)39(25(2)46,35(51)52)44(29-15-8-5-9-16-29)33(49)30(40)22-32(47)48/h4-21,30H,22-23,40H2,1-3H3,(H,47,48)(H,51,52)(H2,41,42,53)/t30-,38+,39-/m0/s1. The molecular weight excluding hydrogens is 696 g/mol. The number of carboxylic acid groups (broad SMARTS) is 2. The van der Waals surface area contributed by atoms with Crippen LogP contribution in [0.3, 0.4) is 0 Å². The van der Waals surface area contributed by atoms with Gasteiger partial charge >= 0.3 is 24.0 Å². The summed E-state index contributed by atoms with van der Waals surface area (Å²) in [6.45, 7) is 3.77. The fourth-order valence-electron chi connectivity index (χ4n) is 6.41. The van der Waals surface area contributed by atoms with Crippen LogP contribution in [0.15, 0.2) is 109 Å². The molecule has 6 amide bonds. The largest absolute Gasteiger partial charge is 0.481 e. The third kappa shape index (κ3) is 6.99. The van der Waals surface area contributed by atoms with Gasteiger partial charge in [-0.1, -0.05) is 78.9 Å². The maximum absolute atomic E-state index is 15.0. The maximum Gasteiger partial charge on any atom is 0.360 e. The molecule has 1 heterocycles. The van der Waals surface area contributed by atoms with Crippen LogP contribution in [-0.2, 0) is 36.1 Å². The second-order valence-corrected chi connectivity index (χ2v) is 12.8. The summed E-state index contributed by atoms with van der Waals surface area (Å²) in [7, 11) is 0. The number of amides is 6. The molecule has 6 N–H and O–H groups in total. The Bertz CT molecular complexity index is 2100. The molecule has 4 aromatic rings. The summed E-state index contributed by atoms with van der Waals surface area (Å²) >= 11 is 0. The van der Waals surface area contributed by atoms with E-state index in [1.54, 1.807) is 42.5 Å². The molecule has 4 aromatic carbocycles. The first kappa shape index (κ1) is 38.4. The van der Waals surface area contributed by atoms with E-state index >= 15 is 4.79 Å². The third-order valence-corrected chi connectivity index (χ3v) is 9.25. The van der Waals surface area contributed by atoms with Crippen LogP contribution in [0, 0.1) is 6.92 Å². The van der Waals surface area contributed by atoms with E-state index in [1.165, 1.54) is 61.5 Å². The number of nitrogens with zero attached hydrogens (tertiary/aromatic N) is 3. The molecule has 1 aliphatic rings. The topological polar surface area (TPSA) is 220 Å². The van der Waals surface area contributed by atoms with E-state index in [9.17, 15) is 39.0 Å². The molecule has 54 heavy (non-hydrogen) atoms. The van der Waals surface area contributed by atoms with E-state index in [0.29, 0.717) is 21.8 Å². The normalized spacial score (nSPS) is 17.0.